The molecule has 0 atom stereocenters. The fourth-order valence-corrected chi connectivity index (χ4v) is 2.97. The highest BCUT2D eigenvalue weighted by atomic mass is 35.5. The van der Waals surface area contributed by atoms with Gasteiger partial charge in [-0.1, -0.05) is 11.6 Å². The van der Waals surface area contributed by atoms with Crippen molar-refractivity contribution in [3.8, 4) is 5.75 Å². The third-order valence-electron chi connectivity index (χ3n) is 3.32. The maximum absolute atomic E-state index is 6.30. The Balaban J connectivity index is 1.93. The Morgan fingerprint density at radius 3 is 3.00 bits per heavy atom. The highest BCUT2D eigenvalue weighted by molar-refractivity contribution is 7.07. The number of ether oxygens (including phenoxy) is 1. The summed E-state index contributed by atoms with van der Waals surface area (Å²) in [7, 11) is 0. The molecule has 0 aliphatic rings. The average molecular weight is 309 g/mol. The van der Waals surface area contributed by atoms with E-state index in [0.717, 1.165) is 28.8 Å². The van der Waals surface area contributed by atoms with Gasteiger partial charge in [0.05, 0.1) is 21.9 Å². The van der Waals surface area contributed by atoms with Crippen molar-refractivity contribution in [2.75, 3.05) is 0 Å². The van der Waals surface area contributed by atoms with Gasteiger partial charge in [0, 0.05) is 22.3 Å². The largest absolute Gasteiger partial charge is 0.486 e. The normalized spacial score (nSPS) is 11.2. The van der Waals surface area contributed by atoms with Gasteiger partial charge in [-0.3, -0.25) is 0 Å². The van der Waals surface area contributed by atoms with Crippen LogP contribution in [0.25, 0.3) is 10.9 Å². The number of aromatic amines is 1. The van der Waals surface area contributed by atoms with E-state index in [0.29, 0.717) is 17.4 Å². The number of H-pyrrole nitrogens is 1. The maximum Gasteiger partial charge on any atom is 0.140 e. The number of nitrogens with zero attached hydrogens (tertiary/aromatic N) is 1. The first-order valence-electron chi connectivity index (χ1n) is 6.29. The Morgan fingerprint density at radius 1 is 1.45 bits per heavy atom. The molecule has 6 heteroatoms. The number of halogens is 1. The van der Waals surface area contributed by atoms with Crippen molar-refractivity contribution >= 4 is 33.8 Å². The molecule has 0 unspecified atom stereocenters. The lowest BCUT2D eigenvalue weighted by molar-refractivity contribution is -0.387. The number of benzene rings is 1. The van der Waals surface area contributed by atoms with Gasteiger partial charge in [0.2, 0.25) is 0 Å². The zero-order valence-corrected chi connectivity index (χ0v) is 12.6. The standard InChI is InChI=1S/C14H14ClN3OS/c1-8-10-2-11(15)14(3-12(10)18-13(8)4-16)19-5-9-6-20-7-17-9/h2-3,6-7,18H,4-5,16H2,1H3/p+1. The minimum atomic E-state index is 0.427. The van der Waals surface area contributed by atoms with Gasteiger partial charge in [-0.2, -0.15) is 0 Å². The smallest absolute Gasteiger partial charge is 0.140 e. The number of hydrogen-bond donors (Lipinski definition) is 2. The summed E-state index contributed by atoms with van der Waals surface area (Å²) in [5.41, 5.74) is 9.98. The Kier molecular flexibility index (Phi) is 3.65. The summed E-state index contributed by atoms with van der Waals surface area (Å²) in [5, 5.41) is 3.70. The molecule has 4 N–H and O–H groups in total. The van der Waals surface area contributed by atoms with E-state index in [-0.39, 0.29) is 0 Å². The zero-order valence-electron chi connectivity index (χ0n) is 11.1. The van der Waals surface area contributed by atoms with E-state index < -0.39 is 0 Å². The number of rotatable bonds is 4. The number of fused-ring (bicyclic) bond motifs is 1. The van der Waals surface area contributed by atoms with Gasteiger partial charge < -0.3 is 15.5 Å². The second kappa shape index (κ2) is 5.44. The number of aryl methyl sites for hydroxylation is 1. The van der Waals surface area contributed by atoms with E-state index in [1.165, 1.54) is 5.56 Å². The zero-order chi connectivity index (χ0) is 14.1. The van der Waals surface area contributed by atoms with Crippen molar-refractivity contribution in [3.63, 3.8) is 0 Å². The Morgan fingerprint density at radius 2 is 2.30 bits per heavy atom. The number of aromatic nitrogens is 2. The van der Waals surface area contributed by atoms with E-state index in [9.17, 15) is 0 Å². The van der Waals surface area contributed by atoms with Gasteiger partial charge in [-0.25, -0.2) is 4.98 Å². The van der Waals surface area contributed by atoms with Crippen LogP contribution in [0.5, 0.6) is 5.75 Å². The van der Waals surface area contributed by atoms with Gasteiger partial charge in [0.1, 0.15) is 18.9 Å². The van der Waals surface area contributed by atoms with E-state index in [1.807, 2.05) is 17.5 Å². The predicted octanol–water partition coefficient (Wildman–Crippen LogP) is 2.91. The van der Waals surface area contributed by atoms with Crippen LogP contribution in [-0.4, -0.2) is 9.97 Å². The van der Waals surface area contributed by atoms with Crippen LogP contribution in [0.2, 0.25) is 5.02 Å². The Labute approximate surface area is 125 Å². The Hall–Kier alpha value is -1.56. The molecule has 3 aromatic rings. The SMILES string of the molecule is Cc1c(C[NH3+])[nH]c2cc(OCc3cscn3)c(Cl)cc12. The average Bonchev–Trinajstić information content (AvgIpc) is 3.05. The van der Waals surface area contributed by atoms with E-state index in [4.69, 9.17) is 16.3 Å². The quantitative estimate of drug-likeness (QED) is 0.778. The van der Waals surface area contributed by atoms with Gasteiger partial charge in [-0.15, -0.1) is 11.3 Å². The minimum Gasteiger partial charge on any atom is -0.486 e. The van der Waals surface area contributed by atoms with Crippen LogP contribution >= 0.6 is 22.9 Å². The molecule has 0 saturated carbocycles. The van der Waals surface area contributed by atoms with Crippen LogP contribution < -0.4 is 10.5 Å². The molecule has 104 valence electrons. The van der Waals surface area contributed by atoms with Crippen LogP contribution in [0.3, 0.4) is 0 Å². The summed E-state index contributed by atoms with van der Waals surface area (Å²) in [6.45, 7) is 3.23. The van der Waals surface area contributed by atoms with Crippen molar-refractivity contribution in [2.24, 2.45) is 0 Å². The summed E-state index contributed by atoms with van der Waals surface area (Å²) >= 11 is 7.85. The first kappa shape index (κ1) is 13.4. The lowest BCUT2D eigenvalue weighted by Gasteiger charge is -2.07. The molecule has 1 aromatic carbocycles. The molecule has 0 aliphatic heterocycles. The molecular weight excluding hydrogens is 294 g/mol. The molecule has 0 radical (unpaired) electrons. The van der Waals surface area contributed by atoms with Crippen LogP contribution in [-0.2, 0) is 13.2 Å². The highest BCUT2D eigenvalue weighted by Crippen LogP contribution is 2.33. The van der Waals surface area contributed by atoms with Crippen molar-refractivity contribution < 1.29 is 10.5 Å². The molecule has 20 heavy (non-hydrogen) atoms. The van der Waals surface area contributed by atoms with Gasteiger partial charge in [0.15, 0.2) is 0 Å². The summed E-state index contributed by atoms with van der Waals surface area (Å²) in [4.78, 5) is 7.55. The molecular formula is C14H15ClN3OS+. The Bertz CT molecular complexity index is 737. The predicted molar refractivity (Wildman–Crippen MR) is 81.1 cm³/mol. The van der Waals surface area contributed by atoms with Crippen LogP contribution in [0.1, 0.15) is 17.0 Å². The second-order valence-corrected chi connectivity index (χ2v) is 5.70. The molecule has 0 bridgehead atoms. The number of quaternary nitrogens is 1. The third kappa shape index (κ3) is 2.40. The second-order valence-electron chi connectivity index (χ2n) is 4.58. The lowest BCUT2D eigenvalue weighted by Crippen LogP contribution is -2.47. The minimum absolute atomic E-state index is 0.427. The van der Waals surface area contributed by atoms with Gasteiger partial charge in [-0.05, 0) is 18.6 Å². The molecule has 2 heterocycles. The molecule has 0 saturated heterocycles. The number of thiazole rings is 1. The van der Waals surface area contributed by atoms with Crippen molar-refractivity contribution in [3.05, 3.63) is 45.0 Å². The fraction of sp³-hybridized carbons (Fsp3) is 0.214. The van der Waals surface area contributed by atoms with Crippen LogP contribution in [0.4, 0.5) is 0 Å². The van der Waals surface area contributed by atoms with Crippen molar-refractivity contribution in [1.29, 1.82) is 0 Å². The van der Waals surface area contributed by atoms with Gasteiger partial charge in [0.25, 0.3) is 0 Å². The molecule has 3 rings (SSSR count). The molecule has 0 amide bonds. The molecule has 4 nitrogen and oxygen atoms in total. The monoisotopic (exact) mass is 308 g/mol. The highest BCUT2D eigenvalue weighted by Gasteiger charge is 2.12. The van der Waals surface area contributed by atoms with Crippen molar-refractivity contribution in [1.82, 2.24) is 9.97 Å². The first-order chi connectivity index (χ1) is 9.69. The molecule has 0 spiro atoms. The maximum atomic E-state index is 6.30. The number of nitrogens with one attached hydrogen (secondary N) is 1. The van der Waals surface area contributed by atoms with Crippen LogP contribution in [0, 0.1) is 6.92 Å². The molecule has 2 aromatic heterocycles. The fourth-order valence-electron chi connectivity index (χ4n) is 2.21. The molecule has 0 fully saturated rings. The molecule has 0 aliphatic carbocycles. The summed E-state index contributed by atoms with van der Waals surface area (Å²) in [6.07, 6.45) is 0. The first-order valence-corrected chi connectivity index (χ1v) is 7.61. The van der Waals surface area contributed by atoms with Crippen LogP contribution in [0.15, 0.2) is 23.0 Å². The summed E-state index contributed by atoms with van der Waals surface area (Å²) in [6, 6.07) is 3.88. The summed E-state index contributed by atoms with van der Waals surface area (Å²) in [5.74, 6) is 0.670. The third-order valence-corrected chi connectivity index (χ3v) is 4.25. The van der Waals surface area contributed by atoms with E-state index in [1.54, 1.807) is 16.8 Å². The van der Waals surface area contributed by atoms with E-state index >= 15 is 0 Å². The van der Waals surface area contributed by atoms with E-state index in [2.05, 4.69) is 22.6 Å². The topological polar surface area (TPSA) is 65.5 Å². The van der Waals surface area contributed by atoms with Gasteiger partial charge >= 0.3 is 0 Å². The lowest BCUT2D eigenvalue weighted by atomic mass is 10.1. The van der Waals surface area contributed by atoms with Crippen molar-refractivity contribution in [2.45, 2.75) is 20.1 Å². The summed E-state index contributed by atoms with van der Waals surface area (Å²) < 4.78 is 5.75. The number of hydrogen-bond acceptors (Lipinski definition) is 3.